The van der Waals surface area contributed by atoms with E-state index in [4.69, 9.17) is 27.9 Å². The monoisotopic (exact) mass is 259 g/mol. The first-order valence-corrected chi connectivity index (χ1v) is 5.61. The van der Waals surface area contributed by atoms with E-state index >= 15 is 0 Å². The van der Waals surface area contributed by atoms with Crippen LogP contribution in [0.5, 0.6) is 5.75 Å². The van der Waals surface area contributed by atoms with Crippen LogP contribution < -0.4 is 9.84 Å². The van der Waals surface area contributed by atoms with Crippen molar-refractivity contribution in [2.45, 2.75) is 25.4 Å². The molecule has 0 saturated carbocycles. The predicted octanol–water partition coefficient (Wildman–Crippen LogP) is 2.00. The van der Waals surface area contributed by atoms with Crippen LogP contribution in [0.15, 0.2) is 12.1 Å². The molecule has 2 atom stereocenters. The van der Waals surface area contributed by atoms with Gasteiger partial charge in [0.1, 0.15) is 5.75 Å². The van der Waals surface area contributed by atoms with Crippen molar-refractivity contribution in [3.8, 4) is 5.75 Å². The summed E-state index contributed by atoms with van der Waals surface area (Å²) in [6.45, 7) is 1.81. The lowest BCUT2D eigenvalue weighted by Crippen LogP contribution is -2.35. The molecule has 3 nitrogen and oxygen atoms in total. The molecule has 0 spiro atoms. The number of halogens is 2. The van der Waals surface area contributed by atoms with Crippen LogP contribution in [0.25, 0.3) is 0 Å². The second-order valence-corrected chi connectivity index (χ2v) is 4.65. The van der Waals surface area contributed by atoms with Crippen LogP contribution in [-0.2, 0) is 4.79 Å². The maximum absolute atomic E-state index is 11.0. The molecule has 16 heavy (non-hydrogen) atoms. The van der Waals surface area contributed by atoms with Crippen LogP contribution >= 0.6 is 23.2 Å². The van der Waals surface area contributed by atoms with E-state index in [2.05, 4.69) is 0 Å². The summed E-state index contributed by atoms with van der Waals surface area (Å²) in [4.78, 5) is 11.0. The first kappa shape index (κ1) is 11.6. The third-order valence-electron chi connectivity index (χ3n) is 2.61. The van der Waals surface area contributed by atoms with Gasteiger partial charge in [-0.3, -0.25) is 0 Å². The Morgan fingerprint density at radius 2 is 2.06 bits per heavy atom. The molecule has 1 aromatic carbocycles. The van der Waals surface area contributed by atoms with Crippen molar-refractivity contribution in [1.29, 1.82) is 0 Å². The number of carboxylic acids is 1. The summed E-state index contributed by atoms with van der Waals surface area (Å²) in [7, 11) is 0. The lowest BCUT2D eigenvalue weighted by atomic mass is 9.90. The van der Waals surface area contributed by atoms with Gasteiger partial charge >= 0.3 is 0 Å². The van der Waals surface area contributed by atoms with Gasteiger partial charge < -0.3 is 14.6 Å². The Labute approximate surface area is 103 Å². The lowest BCUT2D eigenvalue weighted by molar-refractivity contribution is -0.308. The van der Waals surface area contributed by atoms with E-state index < -0.39 is 11.9 Å². The Hall–Kier alpha value is -0.930. The highest BCUT2D eigenvalue weighted by Gasteiger charge is 2.27. The van der Waals surface area contributed by atoms with Crippen molar-refractivity contribution < 1.29 is 14.6 Å². The zero-order valence-corrected chi connectivity index (χ0v) is 10.0. The number of carbonyl (C=O) groups excluding carboxylic acids is 1. The first-order chi connectivity index (χ1) is 7.49. The smallest absolute Gasteiger partial charge is 0.125 e. The van der Waals surface area contributed by atoms with Crippen LogP contribution in [0.2, 0.25) is 10.0 Å². The number of carbonyl (C=O) groups is 1. The lowest BCUT2D eigenvalue weighted by Gasteiger charge is -2.31. The van der Waals surface area contributed by atoms with Gasteiger partial charge in [-0.15, -0.1) is 0 Å². The van der Waals surface area contributed by atoms with Crippen molar-refractivity contribution in [2.75, 3.05) is 0 Å². The predicted molar refractivity (Wildman–Crippen MR) is 58.9 cm³/mol. The van der Waals surface area contributed by atoms with Gasteiger partial charge in [-0.05, 0) is 19.4 Å². The molecule has 86 valence electrons. The fraction of sp³-hybridized carbons (Fsp3) is 0.364. The average molecular weight is 260 g/mol. The number of hydrogen-bond acceptors (Lipinski definition) is 3. The Morgan fingerprint density at radius 3 is 2.69 bits per heavy atom. The number of hydrogen-bond donors (Lipinski definition) is 0. The quantitative estimate of drug-likeness (QED) is 0.775. The summed E-state index contributed by atoms with van der Waals surface area (Å²) in [5, 5.41) is 11.7. The molecule has 1 heterocycles. The Morgan fingerprint density at radius 1 is 1.44 bits per heavy atom. The minimum Gasteiger partial charge on any atom is -0.549 e. The van der Waals surface area contributed by atoms with Crippen LogP contribution in [0, 0.1) is 0 Å². The minimum atomic E-state index is -1.12. The summed E-state index contributed by atoms with van der Waals surface area (Å²) in [6.07, 6.45) is 0.209. The SMILES string of the molecule is C[C@H]1C[C@H](C(=O)[O-])c2cc(Cl)c(Cl)cc2O1. The van der Waals surface area contributed by atoms with E-state index in [1.54, 1.807) is 13.0 Å². The molecule has 0 fully saturated rings. The normalized spacial score (nSPS) is 23.4. The minimum absolute atomic E-state index is 0.173. The summed E-state index contributed by atoms with van der Waals surface area (Å²) < 4.78 is 5.51. The van der Waals surface area contributed by atoms with Crippen LogP contribution in [-0.4, -0.2) is 12.1 Å². The van der Waals surface area contributed by atoms with Gasteiger partial charge in [0, 0.05) is 23.5 Å². The second-order valence-electron chi connectivity index (χ2n) is 3.84. The van der Waals surface area contributed by atoms with Gasteiger partial charge in [-0.1, -0.05) is 23.2 Å². The molecule has 1 aliphatic heterocycles. The summed E-state index contributed by atoms with van der Waals surface area (Å²) in [6, 6.07) is 3.08. The molecule has 0 radical (unpaired) electrons. The standard InChI is InChI=1S/C11H10Cl2O3/c1-5-2-7(11(14)15)6-3-8(12)9(13)4-10(6)16-5/h3-5,7H,2H2,1H3,(H,14,15)/p-1/t5-,7-/m0/s1. The van der Waals surface area contributed by atoms with Crippen LogP contribution in [0.4, 0.5) is 0 Å². The summed E-state index contributed by atoms with van der Waals surface area (Å²) in [5.74, 6) is -1.33. The van der Waals surface area contributed by atoms with Gasteiger partial charge in [0.2, 0.25) is 0 Å². The number of fused-ring (bicyclic) bond motifs is 1. The van der Waals surface area contributed by atoms with E-state index in [1.807, 2.05) is 0 Å². The van der Waals surface area contributed by atoms with Crippen molar-refractivity contribution in [3.05, 3.63) is 27.7 Å². The topological polar surface area (TPSA) is 49.4 Å². The van der Waals surface area contributed by atoms with E-state index in [0.29, 0.717) is 27.8 Å². The number of carboxylic acid groups (broad SMARTS) is 1. The third kappa shape index (κ3) is 1.97. The third-order valence-corrected chi connectivity index (χ3v) is 3.33. The summed E-state index contributed by atoms with van der Waals surface area (Å²) >= 11 is 11.7. The van der Waals surface area contributed by atoms with Gasteiger partial charge in [0.15, 0.2) is 0 Å². The number of benzene rings is 1. The van der Waals surface area contributed by atoms with Gasteiger partial charge in [0.25, 0.3) is 0 Å². The van der Waals surface area contributed by atoms with Crippen LogP contribution in [0.1, 0.15) is 24.8 Å². The number of ether oxygens (including phenoxy) is 1. The highest BCUT2D eigenvalue weighted by atomic mass is 35.5. The molecule has 0 amide bonds. The molecule has 0 saturated heterocycles. The number of rotatable bonds is 1. The maximum atomic E-state index is 11.0. The largest absolute Gasteiger partial charge is 0.549 e. The van der Waals surface area contributed by atoms with Crippen LogP contribution in [0.3, 0.4) is 0 Å². The highest BCUT2D eigenvalue weighted by molar-refractivity contribution is 6.42. The highest BCUT2D eigenvalue weighted by Crippen LogP contribution is 2.40. The molecule has 5 heteroatoms. The van der Waals surface area contributed by atoms with Gasteiger partial charge in [-0.2, -0.15) is 0 Å². The van der Waals surface area contributed by atoms with Gasteiger partial charge in [-0.25, -0.2) is 0 Å². The second kappa shape index (κ2) is 4.15. The Bertz CT molecular complexity index is 445. The zero-order chi connectivity index (χ0) is 11.9. The molecule has 0 bridgehead atoms. The Kier molecular flexibility index (Phi) is 3.00. The van der Waals surface area contributed by atoms with Crippen molar-refractivity contribution in [2.24, 2.45) is 0 Å². The van der Waals surface area contributed by atoms with Gasteiger partial charge in [0.05, 0.1) is 16.1 Å². The average Bonchev–Trinajstić information content (AvgIpc) is 2.19. The molecular weight excluding hydrogens is 251 g/mol. The van der Waals surface area contributed by atoms with Crippen molar-refractivity contribution >= 4 is 29.2 Å². The molecule has 0 N–H and O–H groups in total. The number of aliphatic carboxylic acids is 1. The van der Waals surface area contributed by atoms with Crippen molar-refractivity contribution in [3.63, 3.8) is 0 Å². The summed E-state index contributed by atoms with van der Waals surface area (Å²) in [5.41, 5.74) is 0.535. The molecular formula is C11H9Cl2O3-. The fourth-order valence-corrected chi connectivity index (χ4v) is 2.19. The van der Waals surface area contributed by atoms with Crippen molar-refractivity contribution in [1.82, 2.24) is 0 Å². The fourth-order valence-electron chi connectivity index (χ4n) is 1.87. The van der Waals surface area contributed by atoms with E-state index in [0.717, 1.165) is 0 Å². The molecule has 2 rings (SSSR count). The van der Waals surface area contributed by atoms with E-state index in [9.17, 15) is 9.90 Å². The first-order valence-electron chi connectivity index (χ1n) is 4.85. The zero-order valence-electron chi connectivity index (χ0n) is 8.50. The van der Waals surface area contributed by atoms with E-state index in [1.165, 1.54) is 6.07 Å². The maximum Gasteiger partial charge on any atom is 0.125 e. The molecule has 0 aliphatic carbocycles. The molecule has 0 unspecified atom stereocenters. The Balaban J connectivity index is 2.52. The molecule has 1 aromatic rings. The van der Waals surface area contributed by atoms with E-state index in [-0.39, 0.29) is 6.10 Å². The molecule has 0 aromatic heterocycles. The molecule has 1 aliphatic rings.